The summed E-state index contributed by atoms with van der Waals surface area (Å²) in [5.41, 5.74) is 0.589. The fourth-order valence-corrected chi connectivity index (χ4v) is 2.23. The molecule has 1 atom stereocenters. The van der Waals surface area contributed by atoms with Crippen molar-refractivity contribution in [1.82, 2.24) is 9.55 Å². The third-order valence-electron chi connectivity index (χ3n) is 3.21. The molecule has 5 heteroatoms. The normalized spacial score (nSPS) is 12.2. The maximum atomic E-state index is 12.6. The third kappa shape index (κ3) is 3.84. The molecule has 112 valence electrons. The number of carbonyl (C=O) groups excluding carboxylic acids is 1. The molecular weight excluding hydrogens is 266 g/mol. The van der Waals surface area contributed by atoms with Crippen molar-refractivity contribution in [3.63, 3.8) is 0 Å². The van der Waals surface area contributed by atoms with E-state index in [0.717, 1.165) is 6.42 Å². The minimum atomic E-state index is -0.245. The van der Waals surface area contributed by atoms with Crippen LogP contribution >= 0.6 is 0 Å². The number of aromatic nitrogens is 2. The van der Waals surface area contributed by atoms with E-state index in [-0.39, 0.29) is 11.9 Å². The van der Waals surface area contributed by atoms with Gasteiger partial charge in [-0.2, -0.15) is 0 Å². The Balaban J connectivity index is 2.19. The first-order valence-corrected chi connectivity index (χ1v) is 7.04. The molecule has 2 rings (SSSR count). The molecule has 0 saturated heterocycles. The van der Waals surface area contributed by atoms with E-state index >= 15 is 0 Å². The first-order chi connectivity index (χ1) is 10.1. The van der Waals surface area contributed by atoms with Crippen LogP contribution < -0.4 is 10.1 Å². The largest absolute Gasteiger partial charge is 0.480 e. The summed E-state index contributed by atoms with van der Waals surface area (Å²) in [6, 6.07) is 7.15. The van der Waals surface area contributed by atoms with E-state index in [0.29, 0.717) is 17.5 Å². The van der Waals surface area contributed by atoms with Crippen molar-refractivity contribution in [2.75, 3.05) is 12.4 Å². The Bertz CT molecular complexity index is 579. The molecule has 1 amide bonds. The quantitative estimate of drug-likeness (QED) is 0.888. The Morgan fingerprint density at radius 1 is 1.33 bits per heavy atom. The van der Waals surface area contributed by atoms with Gasteiger partial charge in [-0.3, -0.25) is 4.79 Å². The van der Waals surface area contributed by atoms with Gasteiger partial charge in [-0.05, 0) is 36.6 Å². The molecule has 5 nitrogen and oxygen atoms in total. The van der Waals surface area contributed by atoms with Crippen molar-refractivity contribution in [3.8, 4) is 5.88 Å². The summed E-state index contributed by atoms with van der Waals surface area (Å²) >= 11 is 0. The fraction of sp³-hybridized carbons (Fsp3) is 0.375. The van der Waals surface area contributed by atoms with Crippen LogP contribution in [0, 0.1) is 5.92 Å². The molecule has 0 aromatic carbocycles. The van der Waals surface area contributed by atoms with Gasteiger partial charge >= 0.3 is 0 Å². The number of methoxy groups -OCH3 is 1. The van der Waals surface area contributed by atoms with Crippen molar-refractivity contribution < 1.29 is 9.53 Å². The lowest BCUT2D eigenvalue weighted by atomic mass is 10.0. The number of carbonyl (C=O) groups is 1. The van der Waals surface area contributed by atoms with Crippen LogP contribution in [0.25, 0.3) is 0 Å². The highest BCUT2D eigenvalue weighted by atomic mass is 16.5. The van der Waals surface area contributed by atoms with Crippen LogP contribution in [-0.4, -0.2) is 22.6 Å². The molecule has 0 spiro atoms. The zero-order valence-electron chi connectivity index (χ0n) is 12.6. The van der Waals surface area contributed by atoms with E-state index in [1.807, 2.05) is 29.1 Å². The van der Waals surface area contributed by atoms with Crippen LogP contribution in [0.5, 0.6) is 5.88 Å². The molecular formula is C16H21N3O2. The zero-order valence-corrected chi connectivity index (χ0v) is 12.6. The number of nitrogens with zero attached hydrogens (tertiary/aromatic N) is 2. The van der Waals surface area contributed by atoms with Crippen LogP contribution in [0.2, 0.25) is 0 Å². The highest BCUT2D eigenvalue weighted by Crippen LogP contribution is 2.24. The first-order valence-electron chi connectivity index (χ1n) is 7.04. The SMILES string of the molecule is COc1ncccc1NC(=O)[C@H](CC(C)C)n1cccc1. The van der Waals surface area contributed by atoms with Crippen LogP contribution in [0.4, 0.5) is 5.69 Å². The van der Waals surface area contributed by atoms with E-state index in [4.69, 9.17) is 4.74 Å². The lowest BCUT2D eigenvalue weighted by Crippen LogP contribution is -2.26. The molecule has 0 bridgehead atoms. The van der Waals surface area contributed by atoms with E-state index in [1.165, 1.54) is 7.11 Å². The summed E-state index contributed by atoms with van der Waals surface area (Å²) in [6.07, 6.45) is 6.22. The summed E-state index contributed by atoms with van der Waals surface area (Å²) in [4.78, 5) is 16.7. The van der Waals surface area contributed by atoms with E-state index in [9.17, 15) is 4.79 Å². The number of nitrogens with one attached hydrogen (secondary N) is 1. The molecule has 0 aliphatic rings. The maximum Gasteiger partial charge on any atom is 0.247 e. The van der Waals surface area contributed by atoms with E-state index in [1.54, 1.807) is 18.3 Å². The van der Waals surface area contributed by atoms with Crippen LogP contribution in [0.1, 0.15) is 26.3 Å². The minimum Gasteiger partial charge on any atom is -0.480 e. The third-order valence-corrected chi connectivity index (χ3v) is 3.21. The molecule has 0 aliphatic carbocycles. The van der Waals surface area contributed by atoms with E-state index in [2.05, 4.69) is 24.1 Å². The minimum absolute atomic E-state index is 0.0637. The van der Waals surface area contributed by atoms with Gasteiger partial charge < -0.3 is 14.6 Å². The lowest BCUT2D eigenvalue weighted by Gasteiger charge is -2.20. The van der Waals surface area contributed by atoms with Gasteiger partial charge in [0.15, 0.2) is 0 Å². The highest BCUT2D eigenvalue weighted by Gasteiger charge is 2.22. The average molecular weight is 287 g/mol. The molecule has 0 saturated carbocycles. The first kappa shape index (κ1) is 15.1. The second kappa shape index (κ2) is 6.92. The zero-order chi connectivity index (χ0) is 15.2. The summed E-state index contributed by atoms with van der Waals surface area (Å²) in [5, 5.41) is 2.91. The Hall–Kier alpha value is -2.30. The average Bonchev–Trinajstić information content (AvgIpc) is 2.99. The van der Waals surface area contributed by atoms with Gasteiger partial charge in [-0.15, -0.1) is 0 Å². The topological polar surface area (TPSA) is 56.1 Å². The monoisotopic (exact) mass is 287 g/mol. The van der Waals surface area contributed by atoms with Crippen molar-refractivity contribution in [2.24, 2.45) is 5.92 Å². The predicted molar refractivity (Wildman–Crippen MR) is 82.3 cm³/mol. The molecule has 2 aromatic heterocycles. The molecule has 2 aromatic rings. The number of hydrogen-bond acceptors (Lipinski definition) is 3. The van der Waals surface area contributed by atoms with E-state index < -0.39 is 0 Å². The summed E-state index contributed by atoms with van der Waals surface area (Å²) in [5.74, 6) is 0.770. The second-order valence-corrected chi connectivity index (χ2v) is 5.33. The lowest BCUT2D eigenvalue weighted by molar-refractivity contribution is -0.119. The standard InChI is InChI=1S/C16H21N3O2/c1-12(2)11-14(19-9-4-5-10-19)15(20)18-13-7-6-8-17-16(13)21-3/h4-10,12,14H,11H2,1-3H3,(H,18,20)/t14-/m0/s1. The van der Waals surface area contributed by atoms with Gasteiger partial charge in [0.05, 0.1) is 7.11 Å². The number of hydrogen-bond donors (Lipinski definition) is 1. The van der Waals surface area contributed by atoms with Crippen molar-refractivity contribution in [2.45, 2.75) is 26.3 Å². The van der Waals surface area contributed by atoms with Gasteiger partial charge in [-0.1, -0.05) is 13.8 Å². The summed E-state index contributed by atoms with van der Waals surface area (Å²) < 4.78 is 7.09. The van der Waals surface area contributed by atoms with Gasteiger partial charge in [0.25, 0.3) is 0 Å². The Morgan fingerprint density at radius 3 is 2.67 bits per heavy atom. The molecule has 2 heterocycles. The highest BCUT2D eigenvalue weighted by molar-refractivity contribution is 5.94. The Labute approximate surface area is 125 Å². The van der Waals surface area contributed by atoms with Gasteiger partial charge in [-0.25, -0.2) is 4.98 Å². The van der Waals surface area contributed by atoms with Gasteiger partial charge in [0.1, 0.15) is 11.7 Å². The molecule has 0 unspecified atom stereocenters. The molecule has 0 radical (unpaired) electrons. The maximum absolute atomic E-state index is 12.6. The predicted octanol–water partition coefficient (Wildman–Crippen LogP) is 3.12. The molecule has 21 heavy (non-hydrogen) atoms. The number of amides is 1. The van der Waals surface area contributed by atoms with Crippen molar-refractivity contribution in [1.29, 1.82) is 0 Å². The Kier molecular flexibility index (Phi) is 4.98. The smallest absolute Gasteiger partial charge is 0.247 e. The van der Waals surface area contributed by atoms with Crippen molar-refractivity contribution in [3.05, 3.63) is 42.9 Å². The summed E-state index contributed by atoms with van der Waals surface area (Å²) in [7, 11) is 1.54. The molecule has 0 aliphatic heterocycles. The number of rotatable bonds is 6. The van der Waals surface area contributed by atoms with Crippen LogP contribution in [-0.2, 0) is 4.79 Å². The molecule has 1 N–H and O–H groups in total. The Morgan fingerprint density at radius 2 is 2.05 bits per heavy atom. The summed E-state index contributed by atoms with van der Waals surface area (Å²) in [6.45, 7) is 4.21. The second-order valence-electron chi connectivity index (χ2n) is 5.33. The number of anilines is 1. The van der Waals surface area contributed by atoms with Gasteiger partial charge in [0, 0.05) is 18.6 Å². The van der Waals surface area contributed by atoms with Crippen LogP contribution in [0.15, 0.2) is 42.9 Å². The fourth-order valence-electron chi connectivity index (χ4n) is 2.23. The molecule has 0 fully saturated rings. The number of pyridine rings is 1. The van der Waals surface area contributed by atoms with Crippen LogP contribution in [0.3, 0.4) is 0 Å². The van der Waals surface area contributed by atoms with Gasteiger partial charge in [0.2, 0.25) is 11.8 Å². The van der Waals surface area contributed by atoms with Crippen molar-refractivity contribution >= 4 is 11.6 Å². The number of ether oxygens (including phenoxy) is 1.